The number of rotatable bonds is 7. The van der Waals surface area contributed by atoms with Gasteiger partial charge < -0.3 is 5.32 Å². The van der Waals surface area contributed by atoms with Gasteiger partial charge in [0.15, 0.2) is 0 Å². The van der Waals surface area contributed by atoms with E-state index in [0.717, 1.165) is 24.4 Å². The maximum atomic E-state index is 11.0. The predicted octanol–water partition coefficient (Wildman–Crippen LogP) is 1.25. The molecule has 18 heavy (non-hydrogen) atoms. The Morgan fingerprint density at radius 1 is 1.39 bits per heavy atom. The van der Waals surface area contributed by atoms with Crippen LogP contribution in [-0.4, -0.2) is 36.8 Å². The van der Waals surface area contributed by atoms with E-state index in [1.165, 1.54) is 6.26 Å². The van der Waals surface area contributed by atoms with E-state index in [9.17, 15) is 8.42 Å². The minimum atomic E-state index is -2.92. The standard InChI is InChI=1S/C11H20ClN3O2S/c1-4-9-11(12)10(15(5-2)14-9)8-13-6-7-18(3,16)17/h13H,4-8H2,1-3H3. The van der Waals surface area contributed by atoms with Gasteiger partial charge in [0.2, 0.25) is 0 Å². The van der Waals surface area contributed by atoms with Crippen LogP contribution >= 0.6 is 11.6 Å². The molecule has 0 fully saturated rings. The van der Waals surface area contributed by atoms with Gasteiger partial charge in [-0.1, -0.05) is 18.5 Å². The second-order valence-corrected chi connectivity index (χ2v) is 6.82. The molecule has 0 aliphatic carbocycles. The highest BCUT2D eigenvalue weighted by Crippen LogP contribution is 2.21. The number of aromatic nitrogens is 2. The van der Waals surface area contributed by atoms with Crippen molar-refractivity contribution in [3.63, 3.8) is 0 Å². The molecule has 0 atom stereocenters. The number of aryl methyl sites for hydroxylation is 2. The van der Waals surface area contributed by atoms with Gasteiger partial charge in [-0.3, -0.25) is 4.68 Å². The van der Waals surface area contributed by atoms with Crippen molar-refractivity contribution in [1.82, 2.24) is 15.1 Å². The molecule has 0 spiro atoms. The van der Waals surface area contributed by atoms with Crippen molar-refractivity contribution in [1.29, 1.82) is 0 Å². The molecule has 7 heteroatoms. The van der Waals surface area contributed by atoms with Crippen LogP contribution in [0.1, 0.15) is 25.2 Å². The van der Waals surface area contributed by atoms with Crippen LogP contribution in [0.2, 0.25) is 5.02 Å². The summed E-state index contributed by atoms with van der Waals surface area (Å²) in [5, 5.41) is 8.17. The molecule has 5 nitrogen and oxygen atoms in total. The first kappa shape index (κ1) is 15.5. The molecule has 104 valence electrons. The zero-order valence-electron chi connectivity index (χ0n) is 11.0. The fraction of sp³-hybridized carbons (Fsp3) is 0.727. The molecule has 1 aromatic rings. The molecule has 0 aliphatic heterocycles. The van der Waals surface area contributed by atoms with Gasteiger partial charge in [-0.15, -0.1) is 0 Å². The summed E-state index contributed by atoms with van der Waals surface area (Å²) in [7, 11) is -2.92. The molecule has 1 rings (SSSR count). The van der Waals surface area contributed by atoms with Crippen LogP contribution in [0.3, 0.4) is 0 Å². The van der Waals surface area contributed by atoms with Crippen molar-refractivity contribution in [2.45, 2.75) is 33.4 Å². The molecular formula is C11H20ClN3O2S. The predicted molar refractivity (Wildman–Crippen MR) is 73.7 cm³/mol. The Hall–Kier alpha value is -0.590. The second-order valence-electron chi connectivity index (χ2n) is 4.18. The molecule has 0 bridgehead atoms. The van der Waals surface area contributed by atoms with E-state index in [4.69, 9.17) is 11.6 Å². The van der Waals surface area contributed by atoms with E-state index in [-0.39, 0.29) is 5.75 Å². The van der Waals surface area contributed by atoms with Crippen LogP contribution in [0.25, 0.3) is 0 Å². The number of hydrogen-bond acceptors (Lipinski definition) is 4. The summed E-state index contributed by atoms with van der Waals surface area (Å²) in [5.74, 6) is 0.130. The third-order valence-electron chi connectivity index (χ3n) is 2.64. The first-order valence-electron chi connectivity index (χ1n) is 6.01. The number of hydrogen-bond donors (Lipinski definition) is 1. The Bertz CT molecular complexity index is 497. The summed E-state index contributed by atoms with van der Waals surface area (Å²) in [5.41, 5.74) is 1.81. The van der Waals surface area contributed by atoms with E-state index >= 15 is 0 Å². The summed E-state index contributed by atoms with van der Waals surface area (Å²) in [6.07, 6.45) is 2.02. The van der Waals surface area contributed by atoms with Crippen molar-refractivity contribution in [2.24, 2.45) is 0 Å². The largest absolute Gasteiger partial charge is 0.310 e. The first-order valence-corrected chi connectivity index (χ1v) is 8.45. The van der Waals surface area contributed by atoms with Crippen molar-refractivity contribution in [2.75, 3.05) is 18.6 Å². The topological polar surface area (TPSA) is 64.0 Å². The zero-order chi connectivity index (χ0) is 13.8. The highest BCUT2D eigenvalue weighted by atomic mass is 35.5. The molecule has 0 unspecified atom stereocenters. The van der Waals surface area contributed by atoms with Crippen LogP contribution in [0.5, 0.6) is 0 Å². The summed E-state index contributed by atoms with van der Waals surface area (Å²) >= 11 is 6.24. The van der Waals surface area contributed by atoms with Gasteiger partial charge in [-0.05, 0) is 13.3 Å². The fourth-order valence-electron chi connectivity index (χ4n) is 1.65. The Morgan fingerprint density at radius 2 is 2.06 bits per heavy atom. The maximum absolute atomic E-state index is 11.0. The van der Waals surface area contributed by atoms with E-state index in [0.29, 0.717) is 18.1 Å². The lowest BCUT2D eigenvalue weighted by Gasteiger charge is -2.06. The van der Waals surface area contributed by atoms with Gasteiger partial charge in [0.05, 0.1) is 22.2 Å². The Labute approximate surface area is 113 Å². The monoisotopic (exact) mass is 293 g/mol. The van der Waals surface area contributed by atoms with Crippen molar-refractivity contribution in [3.8, 4) is 0 Å². The van der Waals surface area contributed by atoms with Crippen LogP contribution in [0, 0.1) is 0 Å². The minimum absolute atomic E-state index is 0.130. The van der Waals surface area contributed by atoms with Gasteiger partial charge >= 0.3 is 0 Å². The maximum Gasteiger partial charge on any atom is 0.148 e. The SMILES string of the molecule is CCc1nn(CC)c(CNCCS(C)(=O)=O)c1Cl. The fourth-order valence-corrected chi connectivity index (χ4v) is 2.50. The van der Waals surface area contributed by atoms with E-state index < -0.39 is 9.84 Å². The molecule has 0 radical (unpaired) electrons. The van der Waals surface area contributed by atoms with E-state index in [1.54, 1.807) is 0 Å². The molecule has 0 aliphatic rings. The Morgan fingerprint density at radius 3 is 2.56 bits per heavy atom. The summed E-state index contributed by atoms with van der Waals surface area (Å²) in [4.78, 5) is 0. The molecule has 0 aromatic carbocycles. The molecule has 0 amide bonds. The molecule has 1 N–H and O–H groups in total. The van der Waals surface area contributed by atoms with Gasteiger partial charge in [0.1, 0.15) is 9.84 Å². The highest BCUT2D eigenvalue weighted by Gasteiger charge is 2.13. The van der Waals surface area contributed by atoms with Gasteiger partial charge in [0, 0.05) is 25.9 Å². The Kier molecular flexibility index (Phi) is 5.62. The lowest BCUT2D eigenvalue weighted by Crippen LogP contribution is -2.23. The molecular weight excluding hydrogens is 274 g/mol. The third-order valence-corrected chi connectivity index (χ3v) is 4.02. The van der Waals surface area contributed by atoms with E-state index in [2.05, 4.69) is 10.4 Å². The second kappa shape index (κ2) is 6.54. The quantitative estimate of drug-likeness (QED) is 0.769. The van der Waals surface area contributed by atoms with Crippen molar-refractivity contribution in [3.05, 3.63) is 16.4 Å². The first-order chi connectivity index (χ1) is 8.39. The number of nitrogens with one attached hydrogen (secondary N) is 1. The average molecular weight is 294 g/mol. The van der Waals surface area contributed by atoms with Gasteiger partial charge in [-0.25, -0.2) is 8.42 Å². The van der Waals surface area contributed by atoms with Crippen LogP contribution in [-0.2, 0) is 29.3 Å². The molecule has 1 aromatic heterocycles. The lowest BCUT2D eigenvalue weighted by molar-refractivity contribution is 0.577. The summed E-state index contributed by atoms with van der Waals surface area (Å²) in [6, 6.07) is 0. The smallest absolute Gasteiger partial charge is 0.148 e. The summed E-state index contributed by atoms with van der Waals surface area (Å²) < 4.78 is 23.9. The van der Waals surface area contributed by atoms with E-state index in [1.807, 2.05) is 18.5 Å². The highest BCUT2D eigenvalue weighted by molar-refractivity contribution is 7.90. The number of halogens is 1. The lowest BCUT2D eigenvalue weighted by atomic mass is 10.3. The number of nitrogens with zero attached hydrogens (tertiary/aromatic N) is 2. The average Bonchev–Trinajstić information content (AvgIpc) is 2.60. The zero-order valence-corrected chi connectivity index (χ0v) is 12.6. The minimum Gasteiger partial charge on any atom is -0.310 e. The summed E-state index contributed by atoms with van der Waals surface area (Å²) in [6.45, 7) is 5.72. The van der Waals surface area contributed by atoms with Crippen molar-refractivity contribution >= 4 is 21.4 Å². The van der Waals surface area contributed by atoms with Crippen molar-refractivity contribution < 1.29 is 8.42 Å². The molecule has 0 saturated heterocycles. The third kappa shape index (κ3) is 4.26. The molecule has 1 heterocycles. The normalized spacial score (nSPS) is 12.0. The van der Waals surface area contributed by atoms with Crippen LogP contribution < -0.4 is 5.32 Å². The molecule has 0 saturated carbocycles. The van der Waals surface area contributed by atoms with Gasteiger partial charge in [-0.2, -0.15) is 5.10 Å². The Balaban J connectivity index is 2.64. The van der Waals surface area contributed by atoms with Crippen LogP contribution in [0.4, 0.5) is 0 Å². The number of sulfone groups is 1. The van der Waals surface area contributed by atoms with Crippen LogP contribution in [0.15, 0.2) is 0 Å². The van der Waals surface area contributed by atoms with Gasteiger partial charge in [0.25, 0.3) is 0 Å².